The molecule has 0 spiro atoms. The molecule has 1 aliphatic carbocycles. The van der Waals surface area contributed by atoms with Crippen LogP contribution >= 0.6 is 22.6 Å². The van der Waals surface area contributed by atoms with Gasteiger partial charge in [-0.1, -0.05) is 0 Å². The normalized spacial score (nSPS) is 16.7. The molecule has 1 saturated carbocycles. The van der Waals surface area contributed by atoms with Gasteiger partial charge in [-0.05, 0) is 60.1 Å². The van der Waals surface area contributed by atoms with Crippen LogP contribution in [0.15, 0.2) is 18.2 Å². The van der Waals surface area contributed by atoms with E-state index in [1.54, 1.807) is 0 Å². The van der Waals surface area contributed by atoms with Crippen LogP contribution < -0.4 is 11.1 Å². The molecule has 0 amide bonds. The quantitative estimate of drug-likeness (QED) is 0.648. The molecule has 1 aromatic carbocycles. The third-order valence-corrected chi connectivity index (χ3v) is 3.35. The van der Waals surface area contributed by atoms with Gasteiger partial charge in [0.05, 0.1) is 0 Å². The Balaban J connectivity index is 2.10. The lowest BCUT2D eigenvalue weighted by molar-refractivity contribution is 0.445. The molecule has 1 fully saturated rings. The van der Waals surface area contributed by atoms with E-state index in [-0.39, 0.29) is 0 Å². The maximum atomic E-state index is 5.67. The van der Waals surface area contributed by atoms with Gasteiger partial charge in [0, 0.05) is 21.0 Å². The summed E-state index contributed by atoms with van der Waals surface area (Å²) in [5.41, 5.74) is 7.73. The fourth-order valence-corrected chi connectivity index (χ4v) is 2.12. The van der Waals surface area contributed by atoms with E-state index in [0.29, 0.717) is 6.04 Å². The number of hydrogen-bond donors (Lipinski definition) is 2. The molecule has 0 aliphatic heterocycles. The number of anilines is 2. The van der Waals surface area contributed by atoms with E-state index in [9.17, 15) is 0 Å². The predicted molar refractivity (Wildman–Crippen MR) is 64.8 cm³/mol. The van der Waals surface area contributed by atoms with E-state index in [0.717, 1.165) is 5.69 Å². The molecule has 0 bridgehead atoms. The second-order valence-electron chi connectivity index (χ2n) is 3.51. The summed E-state index contributed by atoms with van der Waals surface area (Å²) in [4.78, 5) is 0. The lowest BCUT2D eigenvalue weighted by Gasteiger charge is -2.28. The third-order valence-electron chi connectivity index (χ3n) is 2.46. The molecule has 1 aromatic rings. The molecule has 0 aromatic heterocycles. The fraction of sp³-hybridized carbons (Fsp3) is 0.400. The first-order chi connectivity index (χ1) is 6.25. The van der Waals surface area contributed by atoms with Gasteiger partial charge in [0.2, 0.25) is 0 Å². The molecule has 0 radical (unpaired) electrons. The molecule has 1 aliphatic rings. The van der Waals surface area contributed by atoms with Crippen molar-refractivity contribution in [2.75, 3.05) is 11.1 Å². The first-order valence-electron chi connectivity index (χ1n) is 4.57. The highest BCUT2D eigenvalue weighted by atomic mass is 127. The van der Waals surface area contributed by atoms with Crippen LogP contribution in [0.2, 0.25) is 0 Å². The zero-order valence-electron chi connectivity index (χ0n) is 7.39. The third kappa shape index (κ3) is 2.07. The number of hydrogen-bond acceptors (Lipinski definition) is 2. The Bertz CT molecular complexity index is 308. The van der Waals surface area contributed by atoms with Gasteiger partial charge in [-0.25, -0.2) is 0 Å². The first kappa shape index (κ1) is 9.12. The highest BCUT2D eigenvalue weighted by Gasteiger charge is 2.17. The minimum atomic E-state index is 0.692. The van der Waals surface area contributed by atoms with E-state index in [2.05, 4.69) is 34.0 Å². The molecule has 0 atom stereocenters. The number of halogens is 1. The molecule has 0 saturated heterocycles. The highest BCUT2D eigenvalue weighted by Crippen LogP contribution is 2.27. The lowest BCUT2D eigenvalue weighted by Crippen LogP contribution is -2.27. The second-order valence-corrected chi connectivity index (χ2v) is 4.67. The van der Waals surface area contributed by atoms with Gasteiger partial charge in [0.15, 0.2) is 0 Å². The van der Waals surface area contributed by atoms with Crippen molar-refractivity contribution in [1.29, 1.82) is 0 Å². The van der Waals surface area contributed by atoms with Crippen LogP contribution in [0.25, 0.3) is 0 Å². The van der Waals surface area contributed by atoms with Crippen molar-refractivity contribution in [3.8, 4) is 0 Å². The summed E-state index contributed by atoms with van der Waals surface area (Å²) >= 11 is 2.32. The fourth-order valence-electron chi connectivity index (χ4n) is 1.42. The smallest absolute Gasteiger partial charge is 0.0479 e. The standard InChI is InChI=1S/C10H13IN2/c11-9-6-7(12)4-5-10(9)13-8-2-1-3-8/h4-6,8,13H,1-3,12H2. The molecule has 2 rings (SSSR count). The number of nitrogen functional groups attached to an aromatic ring is 1. The van der Waals surface area contributed by atoms with Crippen LogP contribution in [0, 0.1) is 3.57 Å². The molecule has 0 heterocycles. The largest absolute Gasteiger partial charge is 0.399 e. The topological polar surface area (TPSA) is 38.0 Å². The van der Waals surface area contributed by atoms with Crippen molar-refractivity contribution < 1.29 is 0 Å². The minimum Gasteiger partial charge on any atom is -0.399 e. The van der Waals surface area contributed by atoms with Gasteiger partial charge in [-0.2, -0.15) is 0 Å². The summed E-state index contributed by atoms with van der Waals surface area (Å²) in [7, 11) is 0. The average Bonchev–Trinajstić information content (AvgIpc) is 1.99. The van der Waals surface area contributed by atoms with Crippen LogP contribution in [0.5, 0.6) is 0 Å². The van der Waals surface area contributed by atoms with E-state index in [1.165, 1.54) is 28.5 Å². The number of nitrogens with two attached hydrogens (primary N) is 1. The van der Waals surface area contributed by atoms with E-state index in [1.807, 2.05) is 12.1 Å². The number of rotatable bonds is 2. The first-order valence-corrected chi connectivity index (χ1v) is 5.65. The Hall–Kier alpha value is -0.450. The molecule has 3 N–H and O–H groups in total. The molecular weight excluding hydrogens is 275 g/mol. The monoisotopic (exact) mass is 288 g/mol. The number of benzene rings is 1. The van der Waals surface area contributed by atoms with Crippen molar-refractivity contribution in [3.63, 3.8) is 0 Å². The van der Waals surface area contributed by atoms with Crippen LogP contribution in [0.1, 0.15) is 19.3 Å². The molecular formula is C10H13IN2. The summed E-state index contributed by atoms with van der Waals surface area (Å²) in [5.74, 6) is 0. The number of nitrogens with one attached hydrogen (secondary N) is 1. The van der Waals surface area contributed by atoms with Gasteiger partial charge < -0.3 is 11.1 Å². The van der Waals surface area contributed by atoms with E-state index >= 15 is 0 Å². The maximum absolute atomic E-state index is 5.67. The van der Waals surface area contributed by atoms with Gasteiger partial charge in [0.25, 0.3) is 0 Å². The van der Waals surface area contributed by atoms with Crippen LogP contribution in [-0.4, -0.2) is 6.04 Å². The predicted octanol–water partition coefficient (Wildman–Crippen LogP) is 2.84. The molecule has 2 nitrogen and oxygen atoms in total. The van der Waals surface area contributed by atoms with Crippen molar-refractivity contribution in [1.82, 2.24) is 0 Å². The van der Waals surface area contributed by atoms with Crippen molar-refractivity contribution in [2.24, 2.45) is 0 Å². The Morgan fingerprint density at radius 1 is 1.38 bits per heavy atom. The SMILES string of the molecule is Nc1ccc(NC2CCC2)c(I)c1. The zero-order valence-corrected chi connectivity index (χ0v) is 9.54. The van der Waals surface area contributed by atoms with Gasteiger partial charge in [0.1, 0.15) is 0 Å². The van der Waals surface area contributed by atoms with Crippen LogP contribution in [0.4, 0.5) is 11.4 Å². The van der Waals surface area contributed by atoms with Crippen molar-refractivity contribution >= 4 is 34.0 Å². The molecule has 70 valence electrons. The Morgan fingerprint density at radius 2 is 2.15 bits per heavy atom. The summed E-state index contributed by atoms with van der Waals surface area (Å²) < 4.78 is 1.21. The highest BCUT2D eigenvalue weighted by molar-refractivity contribution is 14.1. The summed E-state index contributed by atoms with van der Waals surface area (Å²) in [5, 5.41) is 3.51. The van der Waals surface area contributed by atoms with E-state index in [4.69, 9.17) is 5.73 Å². The molecule has 3 heteroatoms. The Morgan fingerprint density at radius 3 is 2.69 bits per heavy atom. The van der Waals surface area contributed by atoms with Crippen LogP contribution in [-0.2, 0) is 0 Å². The average molecular weight is 288 g/mol. The Kier molecular flexibility index (Phi) is 2.62. The zero-order chi connectivity index (χ0) is 9.26. The van der Waals surface area contributed by atoms with Crippen molar-refractivity contribution in [3.05, 3.63) is 21.8 Å². The lowest BCUT2D eigenvalue weighted by atomic mass is 9.93. The summed E-state index contributed by atoms with van der Waals surface area (Å²) in [6.07, 6.45) is 3.98. The minimum absolute atomic E-state index is 0.692. The van der Waals surface area contributed by atoms with Crippen molar-refractivity contribution in [2.45, 2.75) is 25.3 Å². The summed E-state index contributed by atoms with van der Waals surface area (Å²) in [6, 6.07) is 6.71. The van der Waals surface area contributed by atoms with Crippen LogP contribution in [0.3, 0.4) is 0 Å². The van der Waals surface area contributed by atoms with Gasteiger partial charge in [-0.15, -0.1) is 0 Å². The summed E-state index contributed by atoms with van der Waals surface area (Å²) in [6.45, 7) is 0. The van der Waals surface area contributed by atoms with Gasteiger partial charge >= 0.3 is 0 Å². The molecule has 0 unspecified atom stereocenters. The van der Waals surface area contributed by atoms with E-state index < -0.39 is 0 Å². The second kappa shape index (κ2) is 3.74. The molecule has 13 heavy (non-hydrogen) atoms. The maximum Gasteiger partial charge on any atom is 0.0479 e. The Labute approximate surface area is 92.0 Å². The van der Waals surface area contributed by atoms with Gasteiger partial charge in [-0.3, -0.25) is 0 Å².